The van der Waals surface area contributed by atoms with Crippen LogP contribution in [-0.4, -0.2) is 17.1 Å². The summed E-state index contributed by atoms with van der Waals surface area (Å²) in [5.41, 5.74) is 6.70. The van der Waals surface area contributed by atoms with Gasteiger partial charge in [0.2, 0.25) is 0 Å². The zero-order valence-electron chi connectivity index (χ0n) is 11.7. The first-order valence-electron chi connectivity index (χ1n) is 6.99. The van der Waals surface area contributed by atoms with Crippen LogP contribution in [0.4, 0.5) is 4.39 Å². The second kappa shape index (κ2) is 6.70. The number of benzene rings is 1. The Balaban J connectivity index is 2.09. The molecule has 2 unspecified atom stereocenters. The van der Waals surface area contributed by atoms with Crippen molar-refractivity contribution in [1.29, 1.82) is 0 Å². The fraction of sp³-hybridized carbons (Fsp3) is 0.533. The Morgan fingerprint density at radius 2 is 2.20 bits per heavy atom. The first-order chi connectivity index (χ1) is 9.61. The normalized spacial score (nSPS) is 23.8. The van der Waals surface area contributed by atoms with Crippen LogP contribution >= 0.6 is 0 Å². The third-order valence-corrected chi connectivity index (χ3v) is 3.94. The molecule has 0 amide bonds. The lowest BCUT2D eigenvalue weighted by molar-refractivity contribution is -0.0155. The first-order valence-corrected chi connectivity index (χ1v) is 6.99. The molecule has 1 aliphatic rings. The van der Waals surface area contributed by atoms with E-state index in [2.05, 4.69) is 12.1 Å². The van der Waals surface area contributed by atoms with Gasteiger partial charge in [0, 0.05) is 5.56 Å². The molecular formula is C15H21FN2O2. The van der Waals surface area contributed by atoms with E-state index < -0.39 is 5.82 Å². The fourth-order valence-corrected chi connectivity index (χ4v) is 2.69. The van der Waals surface area contributed by atoms with Crippen LogP contribution in [0.2, 0.25) is 0 Å². The number of halogens is 1. The molecule has 2 atom stereocenters. The van der Waals surface area contributed by atoms with Crippen LogP contribution < -0.4 is 5.73 Å². The quantitative estimate of drug-likeness (QED) is 0.385. The molecule has 0 aliphatic heterocycles. The van der Waals surface area contributed by atoms with Gasteiger partial charge in [-0.05, 0) is 36.5 Å². The second-order valence-electron chi connectivity index (χ2n) is 5.40. The first kappa shape index (κ1) is 14.8. The number of oxime groups is 1. The van der Waals surface area contributed by atoms with Crippen LogP contribution in [0, 0.1) is 11.7 Å². The van der Waals surface area contributed by atoms with E-state index in [1.165, 1.54) is 31.4 Å². The van der Waals surface area contributed by atoms with Crippen molar-refractivity contribution >= 4 is 5.84 Å². The van der Waals surface area contributed by atoms with Gasteiger partial charge in [-0.1, -0.05) is 31.0 Å². The highest BCUT2D eigenvalue weighted by atomic mass is 19.1. The molecule has 0 saturated heterocycles. The summed E-state index contributed by atoms with van der Waals surface area (Å²) in [7, 11) is 0. The minimum absolute atomic E-state index is 0.0974. The van der Waals surface area contributed by atoms with E-state index in [-0.39, 0.29) is 11.9 Å². The van der Waals surface area contributed by atoms with E-state index in [0.717, 1.165) is 12.0 Å². The largest absolute Gasteiger partial charge is 0.409 e. The summed E-state index contributed by atoms with van der Waals surface area (Å²) in [4.78, 5) is 0. The SMILES string of the molecule is CC1CCCCC1OCc1ccc(F)cc1C(N)=NO. The molecule has 1 aliphatic carbocycles. The summed E-state index contributed by atoms with van der Waals surface area (Å²) >= 11 is 0. The molecule has 1 fully saturated rings. The number of amidine groups is 1. The molecule has 0 heterocycles. The van der Waals surface area contributed by atoms with Crippen LogP contribution in [0.1, 0.15) is 43.7 Å². The van der Waals surface area contributed by atoms with Gasteiger partial charge in [0.25, 0.3) is 0 Å². The van der Waals surface area contributed by atoms with Crippen molar-refractivity contribution in [3.05, 3.63) is 35.1 Å². The summed E-state index contributed by atoms with van der Waals surface area (Å²) in [6.07, 6.45) is 4.91. The van der Waals surface area contributed by atoms with Crippen LogP contribution in [0.3, 0.4) is 0 Å². The molecule has 1 saturated carbocycles. The molecular weight excluding hydrogens is 259 g/mol. The van der Waals surface area contributed by atoms with Crippen molar-refractivity contribution in [1.82, 2.24) is 0 Å². The van der Waals surface area contributed by atoms with E-state index in [9.17, 15) is 4.39 Å². The highest BCUT2D eigenvalue weighted by Crippen LogP contribution is 2.27. The average Bonchev–Trinajstić information content (AvgIpc) is 2.46. The van der Waals surface area contributed by atoms with Crippen LogP contribution in [-0.2, 0) is 11.3 Å². The Morgan fingerprint density at radius 1 is 1.45 bits per heavy atom. The maximum atomic E-state index is 13.3. The van der Waals surface area contributed by atoms with E-state index in [0.29, 0.717) is 18.1 Å². The lowest BCUT2D eigenvalue weighted by atomic mass is 9.88. The summed E-state index contributed by atoms with van der Waals surface area (Å²) in [5, 5.41) is 11.7. The van der Waals surface area contributed by atoms with Gasteiger partial charge in [0.1, 0.15) is 5.82 Å². The molecule has 2 rings (SSSR count). The van der Waals surface area contributed by atoms with E-state index in [1.807, 2.05) is 0 Å². The van der Waals surface area contributed by atoms with Crippen molar-refractivity contribution in [3.63, 3.8) is 0 Å². The molecule has 5 heteroatoms. The highest BCUT2D eigenvalue weighted by molar-refractivity contribution is 5.98. The van der Waals surface area contributed by atoms with E-state index in [1.54, 1.807) is 6.07 Å². The molecule has 110 valence electrons. The smallest absolute Gasteiger partial charge is 0.170 e. The summed E-state index contributed by atoms with van der Waals surface area (Å²) in [6.45, 7) is 2.54. The molecule has 0 bridgehead atoms. The van der Waals surface area contributed by atoms with Gasteiger partial charge in [0.15, 0.2) is 5.84 Å². The molecule has 0 spiro atoms. The summed E-state index contributed by atoms with van der Waals surface area (Å²) in [6, 6.07) is 4.24. The predicted molar refractivity (Wildman–Crippen MR) is 75.1 cm³/mol. The van der Waals surface area contributed by atoms with Gasteiger partial charge in [0.05, 0.1) is 12.7 Å². The zero-order chi connectivity index (χ0) is 14.5. The van der Waals surface area contributed by atoms with Crippen molar-refractivity contribution in [3.8, 4) is 0 Å². The van der Waals surface area contributed by atoms with Gasteiger partial charge in [-0.2, -0.15) is 0 Å². The van der Waals surface area contributed by atoms with Crippen molar-refractivity contribution in [2.45, 2.75) is 45.3 Å². The van der Waals surface area contributed by atoms with Gasteiger partial charge in [-0.25, -0.2) is 4.39 Å². The fourth-order valence-electron chi connectivity index (χ4n) is 2.69. The summed E-state index contributed by atoms with van der Waals surface area (Å²) in [5.74, 6) is 0.0256. The third-order valence-electron chi connectivity index (χ3n) is 3.94. The van der Waals surface area contributed by atoms with E-state index in [4.69, 9.17) is 15.7 Å². The Labute approximate surface area is 118 Å². The Hall–Kier alpha value is -1.62. The monoisotopic (exact) mass is 280 g/mol. The predicted octanol–water partition coefficient (Wildman–Crippen LogP) is 3.02. The molecule has 0 radical (unpaired) electrons. The molecule has 3 N–H and O–H groups in total. The molecule has 20 heavy (non-hydrogen) atoms. The number of nitrogens with two attached hydrogens (primary N) is 1. The highest BCUT2D eigenvalue weighted by Gasteiger charge is 2.22. The van der Waals surface area contributed by atoms with Crippen molar-refractivity contribution in [2.75, 3.05) is 0 Å². The van der Waals surface area contributed by atoms with E-state index >= 15 is 0 Å². The Morgan fingerprint density at radius 3 is 2.90 bits per heavy atom. The van der Waals surface area contributed by atoms with Crippen molar-refractivity contribution in [2.24, 2.45) is 16.8 Å². The average molecular weight is 280 g/mol. The second-order valence-corrected chi connectivity index (χ2v) is 5.40. The lowest BCUT2D eigenvalue weighted by Crippen LogP contribution is -2.26. The van der Waals surface area contributed by atoms with Crippen LogP contribution in [0.5, 0.6) is 0 Å². The third kappa shape index (κ3) is 3.48. The Bertz CT molecular complexity index is 491. The zero-order valence-corrected chi connectivity index (χ0v) is 11.7. The lowest BCUT2D eigenvalue weighted by Gasteiger charge is -2.29. The topological polar surface area (TPSA) is 67.8 Å². The minimum atomic E-state index is -0.415. The van der Waals surface area contributed by atoms with Gasteiger partial charge >= 0.3 is 0 Å². The molecule has 1 aromatic rings. The Kier molecular flexibility index (Phi) is 4.95. The maximum Gasteiger partial charge on any atom is 0.170 e. The van der Waals surface area contributed by atoms with Crippen LogP contribution in [0.25, 0.3) is 0 Å². The number of hydrogen-bond donors (Lipinski definition) is 2. The van der Waals surface area contributed by atoms with Gasteiger partial charge in [-0.15, -0.1) is 0 Å². The molecule has 0 aromatic heterocycles. The molecule has 4 nitrogen and oxygen atoms in total. The minimum Gasteiger partial charge on any atom is -0.409 e. The maximum absolute atomic E-state index is 13.3. The summed E-state index contributed by atoms with van der Waals surface area (Å²) < 4.78 is 19.2. The van der Waals surface area contributed by atoms with Crippen molar-refractivity contribution < 1.29 is 14.3 Å². The number of hydrogen-bond acceptors (Lipinski definition) is 3. The van der Waals surface area contributed by atoms with Gasteiger partial charge in [-0.3, -0.25) is 0 Å². The number of nitrogens with zero attached hydrogens (tertiary/aromatic N) is 1. The number of rotatable bonds is 4. The van der Waals surface area contributed by atoms with Gasteiger partial charge < -0.3 is 15.7 Å². The number of ether oxygens (including phenoxy) is 1. The standard InChI is InChI=1S/C15H21FN2O2/c1-10-4-2-3-5-14(10)20-9-11-6-7-12(16)8-13(11)15(17)18-19/h6-8,10,14,19H,2-5,9H2,1H3,(H2,17,18). The molecule has 1 aromatic carbocycles. The van der Waals surface area contributed by atoms with Crippen LogP contribution in [0.15, 0.2) is 23.4 Å².